The monoisotopic (exact) mass is 312 g/mol. The Morgan fingerprint density at radius 3 is 2.87 bits per heavy atom. The molecule has 122 valence electrons. The van der Waals surface area contributed by atoms with Crippen LogP contribution in [0.4, 0.5) is 5.82 Å². The Kier molecular flexibility index (Phi) is 4.04. The van der Waals surface area contributed by atoms with E-state index in [2.05, 4.69) is 33.3 Å². The molecule has 3 heterocycles. The molecule has 1 saturated heterocycles. The van der Waals surface area contributed by atoms with Gasteiger partial charge in [-0.05, 0) is 49.3 Å². The predicted octanol–water partition coefficient (Wildman–Crippen LogP) is 2.43. The van der Waals surface area contributed by atoms with Gasteiger partial charge in [-0.1, -0.05) is 6.07 Å². The van der Waals surface area contributed by atoms with Gasteiger partial charge in [0.25, 0.3) is 0 Å². The van der Waals surface area contributed by atoms with Crippen LogP contribution in [0.1, 0.15) is 24.8 Å². The van der Waals surface area contributed by atoms with Crippen molar-refractivity contribution in [2.75, 3.05) is 18.1 Å². The minimum Gasteiger partial charge on any atom is -0.376 e. The van der Waals surface area contributed by atoms with Gasteiger partial charge in [0, 0.05) is 32.6 Å². The summed E-state index contributed by atoms with van der Waals surface area (Å²) in [5.74, 6) is 1.86. The largest absolute Gasteiger partial charge is 0.376 e. The third-order valence-corrected chi connectivity index (χ3v) is 4.87. The second-order valence-electron chi connectivity index (χ2n) is 6.78. The van der Waals surface area contributed by atoms with E-state index in [-0.39, 0.29) is 6.10 Å². The van der Waals surface area contributed by atoms with Crippen molar-refractivity contribution in [3.63, 3.8) is 0 Å². The minimum atomic E-state index is 0.290. The van der Waals surface area contributed by atoms with Crippen LogP contribution in [0.25, 0.3) is 0 Å². The maximum atomic E-state index is 6.27. The number of nitrogens with zero attached hydrogens (tertiary/aromatic N) is 4. The Morgan fingerprint density at radius 2 is 2.17 bits per heavy atom. The zero-order valence-corrected chi connectivity index (χ0v) is 13.6. The van der Waals surface area contributed by atoms with Gasteiger partial charge in [-0.2, -0.15) is 5.10 Å². The van der Waals surface area contributed by atoms with Gasteiger partial charge in [0.05, 0.1) is 18.3 Å². The van der Waals surface area contributed by atoms with E-state index in [0.29, 0.717) is 6.04 Å². The fourth-order valence-electron chi connectivity index (χ4n) is 3.43. The van der Waals surface area contributed by atoms with Gasteiger partial charge in [-0.3, -0.25) is 4.68 Å². The lowest BCUT2D eigenvalue weighted by Crippen LogP contribution is -2.39. The van der Waals surface area contributed by atoms with Gasteiger partial charge >= 0.3 is 0 Å². The van der Waals surface area contributed by atoms with E-state index in [1.807, 2.05) is 30.2 Å². The molecule has 0 aromatic carbocycles. The van der Waals surface area contributed by atoms with Crippen molar-refractivity contribution >= 4 is 5.82 Å². The third kappa shape index (κ3) is 3.39. The van der Waals surface area contributed by atoms with E-state index in [1.165, 1.54) is 18.4 Å². The molecule has 5 heteroatoms. The standard InChI is InChI=1S/C18H24N4O/c1-21-12-15(11-20-21)10-16-17(23-13-14-5-6-14)7-9-22(16)18-4-2-3-8-19-18/h2-4,8,11-12,14,16-17H,5-7,9-10,13H2,1H3/t16-,17-/m1/s1. The summed E-state index contributed by atoms with van der Waals surface area (Å²) in [4.78, 5) is 6.96. The van der Waals surface area contributed by atoms with Crippen molar-refractivity contribution in [2.45, 2.75) is 37.8 Å². The average molecular weight is 312 g/mol. The Balaban J connectivity index is 1.52. The number of aromatic nitrogens is 3. The van der Waals surface area contributed by atoms with Crippen molar-refractivity contribution in [3.8, 4) is 0 Å². The first kappa shape index (κ1) is 14.7. The molecule has 2 atom stereocenters. The molecular weight excluding hydrogens is 288 g/mol. The summed E-state index contributed by atoms with van der Waals surface area (Å²) in [6.45, 7) is 1.93. The summed E-state index contributed by atoms with van der Waals surface area (Å²) in [5, 5.41) is 4.31. The van der Waals surface area contributed by atoms with Gasteiger partial charge in [-0.15, -0.1) is 0 Å². The van der Waals surface area contributed by atoms with Crippen molar-refractivity contribution in [1.82, 2.24) is 14.8 Å². The van der Waals surface area contributed by atoms with Crippen LogP contribution in [-0.4, -0.2) is 40.1 Å². The number of hydrogen-bond donors (Lipinski definition) is 0. The number of hydrogen-bond acceptors (Lipinski definition) is 4. The van der Waals surface area contributed by atoms with Crippen LogP contribution in [-0.2, 0) is 18.2 Å². The molecule has 0 bridgehead atoms. The van der Waals surface area contributed by atoms with Crippen molar-refractivity contribution in [3.05, 3.63) is 42.4 Å². The summed E-state index contributed by atoms with van der Waals surface area (Å²) in [5.41, 5.74) is 1.26. The van der Waals surface area contributed by atoms with Crippen LogP contribution < -0.4 is 4.90 Å². The normalized spacial score (nSPS) is 24.3. The molecule has 2 aromatic rings. The molecule has 23 heavy (non-hydrogen) atoms. The van der Waals surface area contributed by atoms with Gasteiger partial charge in [-0.25, -0.2) is 4.98 Å². The van der Waals surface area contributed by atoms with Crippen molar-refractivity contribution in [1.29, 1.82) is 0 Å². The predicted molar refractivity (Wildman–Crippen MR) is 89.4 cm³/mol. The van der Waals surface area contributed by atoms with E-state index in [1.54, 1.807) is 0 Å². The molecule has 0 spiro atoms. The molecule has 1 saturated carbocycles. The maximum absolute atomic E-state index is 6.27. The minimum absolute atomic E-state index is 0.290. The first-order valence-electron chi connectivity index (χ1n) is 8.56. The van der Waals surface area contributed by atoms with Gasteiger partial charge < -0.3 is 9.64 Å². The highest BCUT2D eigenvalue weighted by Crippen LogP contribution is 2.33. The molecule has 2 fully saturated rings. The molecule has 2 aliphatic rings. The van der Waals surface area contributed by atoms with Crippen LogP contribution in [0.15, 0.2) is 36.8 Å². The molecule has 0 radical (unpaired) electrons. The molecule has 0 N–H and O–H groups in total. The lowest BCUT2D eigenvalue weighted by Gasteiger charge is -2.29. The average Bonchev–Trinajstić information content (AvgIpc) is 3.19. The van der Waals surface area contributed by atoms with Crippen LogP contribution >= 0.6 is 0 Å². The topological polar surface area (TPSA) is 43.2 Å². The SMILES string of the molecule is Cn1cc(C[C@@H]2[C@H](OCC3CC3)CCN2c2ccccn2)cn1. The van der Waals surface area contributed by atoms with Crippen LogP contribution in [0, 0.1) is 5.92 Å². The van der Waals surface area contributed by atoms with Gasteiger partial charge in [0.2, 0.25) is 0 Å². The summed E-state index contributed by atoms with van der Waals surface area (Å²) < 4.78 is 8.14. The summed E-state index contributed by atoms with van der Waals surface area (Å²) in [7, 11) is 1.97. The summed E-state index contributed by atoms with van der Waals surface area (Å²) in [6.07, 6.45) is 10.9. The number of pyridine rings is 1. The summed E-state index contributed by atoms with van der Waals surface area (Å²) >= 11 is 0. The molecule has 0 unspecified atom stereocenters. The van der Waals surface area contributed by atoms with Crippen LogP contribution in [0.2, 0.25) is 0 Å². The Hall–Kier alpha value is -1.88. The number of aryl methyl sites for hydroxylation is 1. The fraction of sp³-hybridized carbons (Fsp3) is 0.556. The number of rotatable bonds is 6. The lowest BCUT2D eigenvalue weighted by atomic mass is 10.0. The van der Waals surface area contributed by atoms with Gasteiger partial charge in [0.1, 0.15) is 5.82 Å². The smallest absolute Gasteiger partial charge is 0.128 e. The van der Waals surface area contributed by atoms with Crippen molar-refractivity contribution in [2.24, 2.45) is 13.0 Å². The quantitative estimate of drug-likeness (QED) is 0.822. The third-order valence-electron chi connectivity index (χ3n) is 4.87. The molecule has 0 amide bonds. The van der Waals surface area contributed by atoms with E-state index >= 15 is 0 Å². The second kappa shape index (κ2) is 6.32. The zero-order valence-electron chi connectivity index (χ0n) is 13.6. The zero-order chi connectivity index (χ0) is 15.6. The molecule has 2 aromatic heterocycles. The highest BCUT2D eigenvalue weighted by atomic mass is 16.5. The number of anilines is 1. The van der Waals surface area contributed by atoms with E-state index in [9.17, 15) is 0 Å². The molecule has 5 nitrogen and oxygen atoms in total. The van der Waals surface area contributed by atoms with Crippen LogP contribution in [0.5, 0.6) is 0 Å². The van der Waals surface area contributed by atoms with E-state index < -0.39 is 0 Å². The molecule has 1 aliphatic carbocycles. The number of ether oxygens (including phenoxy) is 1. The lowest BCUT2D eigenvalue weighted by molar-refractivity contribution is 0.0407. The molecule has 1 aliphatic heterocycles. The van der Waals surface area contributed by atoms with Gasteiger partial charge in [0.15, 0.2) is 0 Å². The Labute approximate surface area is 137 Å². The Morgan fingerprint density at radius 1 is 1.26 bits per heavy atom. The molecular formula is C18H24N4O. The molecule has 4 rings (SSSR count). The fourth-order valence-corrected chi connectivity index (χ4v) is 3.43. The summed E-state index contributed by atoms with van der Waals surface area (Å²) in [6, 6.07) is 6.46. The maximum Gasteiger partial charge on any atom is 0.128 e. The van der Waals surface area contributed by atoms with Crippen LogP contribution in [0.3, 0.4) is 0 Å². The second-order valence-corrected chi connectivity index (χ2v) is 6.78. The first-order valence-corrected chi connectivity index (χ1v) is 8.56. The Bertz CT molecular complexity index is 637. The highest BCUT2D eigenvalue weighted by molar-refractivity contribution is 5.42. The highest BCUT2D eigenvalue weighted by Gasteiger charge is 2.37. The van der Waals surface area contributed by atoms with E-state index in [0.717, 1.165) is 37.7 Å². The van der Waals surface area contributed by atoms with Crippen molar-refractivity contribution < 1.29 is 4.74 Å². The van der Waals surface area contributed by atoms with E-state index in [4.69, 9.17) is 4.74 Å². The first-order chi connectivity index (χ1) is 11.3.